The highest BCUT2D eigenvalue weighted by atomic mass is 32.2. The molecule has 1 aromatic carbocycles. The van der Waals surface area contributed by atoms with E-state index in [2.05, 4.69) is 4.72 Å². The van der Waals surface area contributed by atoms with Crippen LogP contribution >= 0.6 is 0 Å². The van der Waals surface area contributed by atoms with E-state index in [4.69, 9.17) is 5.14 Å². The van der Waals surface area contributed by atoms with Crippen LogP contribution in [0.15, 0.2) is 34.1 Å². The third-order valence-corrected chi connectivity index (χ3v) is 7.02. The molecule has 10 heteroatoms. The number of hydrogen-bond donors (Lipinski definition) is 2. The van der Waals surface area contributed by atoms with Gasteiger partial charge in [0.05, 0.1) is 9.79 Å². The second-order valence-electron chi connectivity index (χ2n) is 4.76. The van der Waals surface area contributed by atoms with Crippen LogP contribution in [0.1, 0.15) is 12.8 Å². The molecule has 0 aromatic heterocycles. The Morgan fingerprint density at radius 3 is 1.95 bits per heavy atom. The molecule has 0 saturated carbocycles. The van der Waals surface area contributed by atoms with Gasteiger partial charge in [0.25, 0.3) is 0 Å². The summed E-state index contributed by atoms with van der Waals surface area (Å²) < 4.78 is 60.4. The molecule has 21 heavy (non-hydrogen) atoms. The summed E-state index contributed by atoms with van der Waals surface area (Å²) in [5.74, 6) is 0.967. The predicted molar refractivity (Wildman–Crippen MR) is 79.0 cm³/mol. The molecule has 1 fully saturated rings. The quantitative estimate of drug-likeness (QED) is 0.758. The Balaban J connectivity index is 2.14. The molecule has 1 aliphatic rings. The minimum absolute atomic E-state index is 0.0263. The normalized spacial score (nSPS) is 23.9. The van der Waals surface area contributed by atoms with E-state index in [0.717, 1.165) is 12.1 Å². The second kappa shape index (κ2) is 6.13. The zero-order valence-electron chi connectivity index (χ0n) is 11.1. The van der Waals surface area contributed by atoms with E-state index < -0.39 is 30.8 Å². The molecule has 3 N–H and O–H groups in total. The van der Waals surface area contributed by atoms with E-state index in [1.165, 1.54) is 12.1 Å². The van der Waals surface area contributed by atoms with Gasteiger partial charge < -0.3 is 0 Å². The zero-order valence-corrected chi connectivity index (χ0v) is 13.5. The number of nitrogens with two attached hydrogens (primary N) is 1. The summed E-state index contributed by atoms with van der Waals surface area (Å²) in [5, 5.41) is 4.96. The molecule has 1 heterocycles. The Kier molecular flexibility index (Phi) is 4.83. The molecular weight excluding hydrogens is 336 g/mol. The van der Waals surface area contributed by atoms with Crippen LogP contribution in [0.25, 0.3) is 0 Å². The standard InChI is InChI=1S/C11H16N2O5S3/c12-20(15,16)10-1-3-11(4-2-10)21(17,18)13-9-5-7-19(14)8-6-9/h1-4,9,13H,5-8H2,(H2,12,15,16). The fourth-order valence-electron chi connectivity index (χ4n) is 2.01. The molecule has 0 unspecified atom stereocenters. The SMILES string of the molecule is NS(=O)(=O)c1ccc(S(=O)(=O)NC2CCS(=O)CC2)cc1. The third-order valence-electron chi connectivity index (χ3n) is 3.17. The van der Waals surface area contributed by atoms with E-state index in [9.17, 15) is 21.0 Å². The fraction of sp³-hybridized carbons (Fsp3) is 0.455. The first-order valence-electron chi connectivity index (χ1n) is 6.19. The summed E-state index contributed by atoms with van der Waals surface area (Å²) >= 11 is 0. The Morgan fingerprint density at radius 1 is 1.00 bits per heavy atom. The van der Waals surface area contributed by atoms with Crippen molar-refractivity contribution in [3.63, 3.8) is 0 Å². The molecule has 0 bridgehead atoms. The smallest absolute Gasteiger partial charge is 0.240 e. The van der Waals surface area contributed by atoms with E-state index in [0.29, 0.717) is 24.3 Å². The molecular formula is C11H16N2O5S3. The molecule has 0 aliphatic carbocycles. The van der Waals surface area contributed by atoms with Crippen molar-refractivity contribution in [3.8, 4) is 0 Å². The van der Waals surface area contributed by atoms with Gasteiger partial charge >= 0.3 is 0 Å². The molecule has 7 nitrogen and oxygen atoms in total. The minimum atomic E-state index is -3.85. The van der Waals surface area contributed by atoms with Crippen LogP contribution in [-0.4, -0.2) is 38.6 Å². The van der Waals surface area contributed by atoms with Crippen molar-refractivity contribution >= 4 is 30.8 Å². The van der Waals surface area contributed by atoms with Crippen LogP contribution in [0, 0.1) is 0 Å². The van der Waals surface area contributed by atoms with Crippen molar-refractivity contribution < 1.29 is 21.0 Å². The van der Waals surface area contributed by atoms with Gasteiger partial charge in [-0.15, -0.1) is 0 Å². The van der Waals surface area contributed by atoms with Crippen LogP contribution in [0.3, 0.4) is 0 Å². The van der Waals surface area contributed by atoms with E-state index in [1.807, 2.05) is 0 Å². The molecule has 0 spiro atoms. The van der Waals surface area contributed by atoms with Crippen molar-refractivity contribution in [2.24, 2.45) is 5.14 Å². The molecule has 1 aromatic rings. The summed E-state index contributed by atoms with van der Waals surface area (Å²) in [6.45, 7) is 0. The zero-order chi connectivity index (χ0) is 15.7. The Morgan fingerprint density at radius 2 is 1.48 bits per heavy atom. The highest BCUT2D eigenvalue weighted by Gasteiger charge is 2.24. The number of benzene rings is 1. The average molecular weight is 352 g/mol. The Labute approximate surface area is 126 Å². The van der Waals surface area contributed by atoms with Gasteiger partial charge in [0.2, 0.25) is 20.0 Å². The van der Waals surface area contributed by atoms with Gasteiger partial charge in [0.15, 0.2) is 0 Å². The lowest BCUT2D eigenvalue weighted by atomic mass is 10.2. The average Bonchev–Trinajstić information content (AvgIpc) is 2.40. The fourth-order valence-corrected chi connectivity index (χ4v) is 5.13. The summed E-state index contributed by atoms with van der Waals surface area (Å²) in [6, 6.07) is 4.46. The van der Waals surface area contributed by atoms with Gasteiger partial charge in [-0.25, -0.2) is 26.7 Å². The van der Waals surface area contributed by atoms with E-state index >= 15 is 0 Å². The maximum atomic E-state index is 12.2. The summed E-state index contributed by atoms with van der Waals surface area (Å²) in [5.41, 5.74) is 0. The van der Waals surface area contributed by atoms with Gasteiger partial charge in [-0.3, -0.25) is 4.21 Å². The third kappa shape index (κ3) is 4.33. The first-order valence-corrected chi connectivity index (χ1v) is 10.7. The number of nitrogens with one attached hydrogen (secondary N) is 1. The Bertz CT molecular complexity index is 731. The number of rotatable bonds is 4. The summed E-state index contributed by atoms with van der Waals surface area (Å²) in [4.78, 5) is -0.170. The van der Waals surface area contributed by atoms with Crippen molar-refractivity contribution in [3.05, 3.63) is 24.3 Å². The molecule has 1 aliphatic heterocycles. The van der Waals surface area contributed by atoms with Gasteiger partial charge in [-0.05, 0) is 37.1 Å². The largest absolute Gasteiger partial charge is 0.260 e. The topological polar surface area (TPSA) is 123 Å². The second-order valence-corrected chi connectivity index (χ2v) is 9.73. The number of hydrogen-bond acceptors (Lipinski definition) is 5. The monoisotopic (exact) mass is 352 g/mol. The Hall–Kier alpha value is -0.810. The van der Waals surface area contributed by atoms with Crippen molar-refractivity contribution in [2.45, 2.75) is 28.7 Å². The van der Waals surface area contributed by atoms with Gasteiger partial charge in [-0.2, -0.15) is 0 Å². The lowest BCUT2D eigenvalue weighted by Gasteiger charge is -2.22. The van der Waals surface area contributed by atoms with Crippen molar-refractivity contribution in [2.75, 3.05) is 11.5 Å². The molecule has 0 amide bonds. The first-order chi connectivity index (χ1) is 9.68. The molecule has 1 saturated heterocycles. The lowest BCUT2D eigenvalue weighted by molar-refractivity contribution is 0.521. The van der Waals surface area contributed by atoms with Crippen molar-refractivity contribution in [1.29, 1.82) is 0 Å². The number of sulfonamides is 2. The van der Waals surface area contributed by atoms with Gasteiger partial charge in [0.1, 0.15) is 0 Å². The van der Waals surface area contributed by atoms with E-state index in [1.54, 1.807) is 0 Å². The van der Waals surface area contributed by atoms with Crippen LogP contribution in [0.4, 0.5) is 0 Å². The molecule has 0 atom stereocenters. The van der Waals surface area contributed by atoms with Gasteiger partial charge in [-0.1, -0.05) is 0 Å². The molecule has 2 rings (SSSR count). The molecule has 0 radical (unpaired) electrons. The van der Waals surface area contributed by atoms with Crippen molar-refractivity contribution in [1.82, 2.24) is 4.72 Å². The maximum absolute atomic E-state index is 12.2. The van der Waals surface area contributed by atoms with E-state index in [-0.39, 0.29) is 15.8 Å². The summed E-state index contributed by atoms with van der Waals surface area (Å²) in [7, 11) is -8.43. The van der Waals surface area contributed by atoms with Crippen LogP contribution in [0.5, 0.6) is 0 Å². The lowest BCUT2D eigenvalue weighted by Crippen LogP contribution is -2.39. The highest BCUT2D eigenvalue weighted by Crippen LogP contribution is 2.16. The van der Waals surface area contributed by atoms with Crippen LogP contribution in [-0.2, 0) is 30.8 Å². The predicted octanol–water partition coefficient (Wildman–Crippen LogP) is -0.477. The van der Waals surface area contributed by atoms with Gasteiger partial charge in [0, 0.05) is 28.3 Å². The molecule has 118 valence electrons. The summed E-state index contributed by atoms with van der Waals surface area (Å²) in [6.07, 6.45) is 1.06. The highest BCUT2D eigenvalue weighted by molar-refractivity contribution is 7.90. The first kappa shape index (κ1) is 16.6. The maximum Gasteiger partial charge on any atom is 0.240 e. The van der Waals surface area contributed by atoms with Crippen LogP contribution < -0.4 is 9.86 Å². The minimum Gasteiger partial charge on any atom is -0.260 e. The number of primary sulfonamides is 1. The van der Waals surface area contributed by atoms with Crippen LogP contribution in [0.2, 0.25) is 0 Å².